The van der Waals surface area contributed by atoms with Gasteiger partial charge in [-0.1, -0.05) is 0 Å². The minimum absolute atomic E-state index is 0.0138. The molecule has 0 radical (unpaired) electrons. The van der Waals surface area contributed by atoms with Gasteiger partial charge in [-0.3, -0.25) is 0 Å². The van der Waals surface area contributed by atoms with Crippen molar-refractivity contribution in [3.63, 3.8) is 0 Å². The van der Waals surface area contributed by atoms with Crippen LogP contribution in [0.25, 0.3) is 0 Å². The fourth-order valence-corrected chi connectivity index (χ4v) is 3.13. The lowest BCUT2D eigenvalue weighted by Gasteiger charge is -2.40. The van der Waals surface area contributed by atoms with Gasteiger partial charge in [-0.2, -0.15) is 0 Å². The Bertz CT molecular complexity index is 562. The zero-order valence-corrected chi connectivity index (χ0v) is 15.3. The van der Waals surface area contributed by atoms with E-state index >= 15 is 0 Å². The second kappa shape index (κ2) is 5.95. The summed E-state index contributed by atoms with van der Waals surface area (Å²) in [6.45, 7) is 15.1. The van der Waals surface area contributed by atoms with E-state index in [1.807, 2.05) is 19.2 Å². The highest BCUT2D eigenvalue weighted by Crippen LogP contribution is 2.42. The summed E-state index contributed by atoms with van der Waals surface area (Å²) in [5.41, 5.74) is 0.834. The number of esters is 1. The number of carbonyl (C=O) groups is 1. The van der Waals surface area contributed by atoms with Crippen LogP contribution in [0.1, 0.15) is 48.5 Å². The van der Waals surface area contributed by atoms with Gasteiger partial charge in [0.2, 0.25) is 0 Å². The van der Waals surface area contributed by atoms with Crippen molar-refractivity contribution in [3.8, 4) is 0 Å². The van der Waals surface area contributed by atoms with Crippen LogP contribution in [-0.2, 0) is 9.53 Å². The average molecular weight is 319 g/mol. The van der Waals surface area contributed by atoms with E-state index in [0.717, 1.165) is 11.5 Å². The second-order valence-corrected chi connectivity index (χ2v) is 7.82. The maximum absolute atomic E-state index is 12.1. The van der Waals surface area contributed by atoms with Crippen LogP contribution in [-0.4, -0.2) is 39.6 Å². The molecule has 2 rings (SSSR count). The molecule has 0 aromatic carbocycles. The smallest absolute Gasteiger partial charge is 0.334 e. The molecule has 23 heavy (non-hydrogen) atoms. The minimum atomic E-state index is -0.307. The number of dihydropyridines is 1. The van der Waals surface area contributed by atoms with Crippen LogP contribution >= 0.6 is 0 Å². The number of nitrogens with zero attached hydrogens (tertiary/aromatic N) is 2. The van der Waals surface area contributed by atoms with E-state index < -0.39 is 0 Å². The lowest BCUT2D eigenvalue weighted by molar-refractivity contribution is -0.137. The SMILES string of the molecule is CCOC(=O)C=C1N(C(C)(C)C)C2=CC=CNC2N1C(C)(C)C. The molecule has 1 unspecified atom stereocenters. The molecule has 5 nitrogen and oxygen atoms in total. The maximum Gasteiger partial charge on any atom is 0.334 e. The highest BCUT2D eigenvalue weighted by atomic mass is 16.5. The summed E-state index contributed by atoms with van der Waals surface area (Å²) in [6, 6.07) is 0. The first-order chi connectivity index (χ1) is 10.6. The summed E-state index contributed by atoms with van der Waals surface area (Å²) in [4.78, 5) is 16.6. The number of hydrogen-bond donors (Lipinski definition) is 1. The molecular weight excluding hydrogens is 290 g/mol. The van der Waals surface area contributed by atoms with Crippen LogP contribution in [0, 0.1) is 0 Å². The molecule has 1 atom stereocenters. The molecule has 0 spiro atoms. The van der Waals surface area contributed by atoms with Crippen molar-refractivity contribution in [2.45, 2.75) is 65.7 Å². The van der Waals surface area contributed by atoms with Gasteiger partial charge < -0.3 is 19.9 Å². The van der Waals surface area contributed by atoms with Crippen molar-refractivity contribution in [2.24, 2.45) is 0 Å². The molecule has 0 amide bonds. The van der Waals surface area contributed by atoms with Gasteiger partial charge in [-0.15, -0.1) is 0 Å². The van der Waals surface area contributed by atoms with Crippen LogP contribution in [0.2, 0.25) is 0 Å². The predicted molar refractivity (Wildman–Crippen MR) is 92.0 cm³/mol. The van der Waals surface area contributed by atoms with E-state index in [4.69, 9.17) is 4.74 Å². The Labute approximate surface area is 139 Å². The summed E-state index contributed by atoms with van der Waals surface area (Å²) in [7, 11) is 0. The van der Waals surface area contributed by atoms with Crippen molar-refractivity contribution < 1.29 is 9.53 Å². The number of nitrogens with one attached hydrogen (secondary N) is 1. The van der Waals surface area contributed by atoms with Crippen molar-refractivity contribution in [1.82, 2.24) is 15.1 Å². The molecule has 0 aromatic heterocycles. The van der Waals surface area contributed by atoms with Gasteiger partial charge >= 0.3 is 5.97 Å². The van der Waals surface area contributed by atoms with Crippen molar-refractivity contribution in [2.75, 3.05) is 6.61 Å². The number of rotatable bonds is 2. The highest BCUT2D eigenvalue weighted by molar-refractivity contribution is 5.83. The first kappa shape index (κ1) is 17.4. The van der Waals surface area contributed by atoms with Gasteiger partial charge in [0.05, 0.1) is 18.4 Å². The van der Waals surface area contributed by atoms with Crippen molar-refractivity contribution >= 4 is 5.97 Å². The van der Waals surface area contributed by atoms with Crippen LogP contribution in [0.5, 0.6) is 0 Å². The lowest BCUT2D eigenvalue weighted by atomic mass is 10.0. The van der Waals surface area contributed by atoms with Gasteiger partial charge in [-0.05, 0) is 66.8 Å². The van der Waals surface area contributed by atoms with Crippen LogP contribution < -0.4 is 5.32 Å². The van der Waals surface area contributed by atoms with Gasteiger partial charge in [0.15, 0.2) is 0 Å². The Kier molecular flexibility index (Phi) is 4.51. The van der Waals surface area contributed by atoms with E-state index in [1.165, 1.54) is 0 Å². The summed E-state index contributed by atoms with van der Waals surface area (Å²) >= 11 is 0. The topological polar surface area (TPSA) is 44.8 Å². The molecule has 2 aliphatic heterocycles. The van der Waals surface area contributed by atoms with Crippen LogP contribution in [0.15, 0.2) is 35.9 Å². The van der Waals surface area contributed by atoms with Crippen molar-refractivity contribution in [3.05, 3.63) is 35.9 Å². The monoisotopic (exact) mass is 319 g/mol. The van der Waals surface area contributed by atoms with Gasteiger partial charge in [0, 0.05) is 11.1 Å². The van der Waals surface area contributed by atoms with E-state index in [-0.39, 0.29) is 23.2 Å². The van der Waals surface area contributed by atoms with Crippen LogP contribution in [0.4, 0.5) is 0 Å². The molecule has 5 heteroatoms. The first-order valence-corrected chi connectivity index (χ1v) is 8.18. The van der Waals surface area contributed by atoms with E-state index in [0.29, 0.717) is 6.61 Å². The average Bonchev–Trinajstić information content (AvgIpc) is 2.71. The maximum atomic E-state index is 12.1. The lowest BCUT2D eigenvalue weighted by Crippen LogP contribution is -2.49. The fourth-order valence-electron chi connectivity index (χ4n) is 3.13. The molecule has 1 fully saturated rings. The molecule has 2 aliphatic rings. The minimum Gasteiger partial charge on any atom is -0.463 e. The molecule has 1 saturated heterocycles. The third-order valence-electron chi connectivity index (χ3n) is 3.82. The quantitative estimate of drug-likeness (QED) is 0.626. The zero-order valence-electron chi connectivity index (χ0n) is 15.3. The third kappa shape index (κ3) is 3.38. The first-order valence-electron chi connectivity index (χ1n) is 8.18. The van der Waals surface area contributed by atoms with E-state index in [1.54, 1.807) is 6.08 Å². The van der Waals surface area contributed by atoms with Gasteiger partial charge in [0.1, 0.15) is 12.0 Å². The number of allylic oxidation sites excluding steroid dienone is 2. The summed E-state index contributed by atoms with van der Waals surface area (Å²) in [5, 5.41) is 3.42. The Morgan fingerprint density at radius 3 is 2.43 bits per heavy atom. The molecule has 0 bridgehead atoms. The Balaban J connectivity index is 2.58. The third-order valence-corrected chi connectivity index (χ3v) is 3.82. The zero-order chi connectivity index (χ0) is 17.4. The Morgan fingerprint density at radius 2 is 1.91 bits per heavy atom. The predicted octanol–water partition coefficient (Wildman–Crippen LogP) is 2.93. The van der Waals surface area contributed by atoms with Gasteiger partial charge in [0.25, 0.3) is 0 Å². The molecule has 2 heterocycles. The summed E-state index contributed by atoms with van der Waals surface area (Å²) in [5.74, 6) is 0.564. The summed E-state index contributed by atoms with van der Waals surface area (Å²) < 4.78 is 5.16. The molecule has 0 aliphatic carbocycles. The number of ether oxygens (including phenoxy) is 1. The number of fused-ring (bicyclic) bond motifs is 1. The highest BCUT2D eigenvalue weighted by Gasteiger charge is 2.47. The molecule has 128 valence electrons. The standard InChI is InChI=1S/C18H29N3O2/c1-8-23-15(22)12-14-20(17(2,3)4)13-10-9-11-19-16(13)21(14)18(5,6)7/h9-12,16,19H,8H2,1-7H3. The largest absolute Gasteiger partial charge is 0.463 e. The van der Waals surface area contributed by atoms with E-state index in [9.17, 15) is 4.79 Å². The Hall–Kier alpha value is -1.91. The fraction of sp³-hybridized carbons (Fsp3) is 0.611. The molecule has 0 saturated carbocycles. The summed E-state index contributed by atoms with van der Waals surface area (Å²) in [6.07, 6.45) is 7.68. The number of hydrogen-bond acceptors (Lipinski definition) is 5. The molecule has 1 N–H and O–H groups in total. The normalized spacial score (nSPS) is 22.8. The van der Waals surface area contributed by atoms with Crippen molar-refractivity contribution in [1.29, 1.82) is 0 Å². The second-order valence-electron chi connectivity index (χ2n) is 7.82. The molecule has 0 aromatic rings. The van der Waals surface area contributed by atoms with Gasteiger partial charge in [-0.25, -0.2) is 4.79 Å². The molecular formula is C18H29N3O2. The Morgan fingerprint density at radius 1 is 1.26 bits per heavy atom. The number of carbonyl (C=O) groups excluding carboxylic acids is 1. The van der Waals surface area contributed by atoms with E-state index in [2.05, 4.69) is 62.7 Å². The van der Waals surface area contributed by atoms with Crippen LogP contribution in [0.3, 0.4) is 0 Å².